The average molecular weight is 473 g/mol. The van der Waals surface area contributed by atoms with E-state index >= 15 is 0 Å². The molecule has 4 heteroatoms. The highest BCUT2D eigenvalue weighted by atomic mass is 16.5. The van der Waals surface area contributed by atoms with Crippen LogP contribution in [-0.2, 0) is 9.47 Å². The molecule has 36 heavy (non-hydrogen) atoms. The molecule has 0 aromatic heterocycles. The minimum absolute atomic E-state index is 0.226. The Labute approximate surface area is 210 Å². The van der Waals surface area contributed by atoms with Gasteiger partial charge in [-0.1, -0.05) is 48.5 Å². The van der Waals surface area contributed by atoms with E-state index in [1.807, 2.05) is 0 Å². The molecule has 0 radical (unpaired) electrons. The van der Waals surface area contributed by atoms with E-state index in [4.69, 9.17) is 9.47 Å². The quantitative estimate of drug-likeness (QED) is 0.408. The molecule has 4 nitrogen and oxygen atoms in total. The topological polar surface area (TPSA) is 24.9 Å². The maximum atomic E-state index is 6.88. The first-order valence-corrected chi connectivity index (χ1v) is 13.8. The number of benzene rings is 3. The largest absolute Gasteiger partial charge is 0.365 e. The van der Waals surface area contributed by atoms with Gasteiger partial charge in [0.1, 0.15) is 0 Å². The summed E-state index contributed by atoms with van der Waals surface area (Å²) in [6.45, 7) is 0. The van der Waals surface area contributed by atoms with Crippen LogP contribution in [0.5, 0.6) is 0 Å². The first-order valence-electron chi connectivity index (χ1n) is 13.8. The Morgan fingerprint density at radius 3 is 1.00 bits per heavy atom. The second kappa shape index (κ2) is 5.66. The van der Waals surface area contributed by atoms with Crippen LogP contribution in [0.15, 0.2) is 60.7 Å². The van der Waals surface area contributed by atoms with Crippen molar-refractivity contribution in [3.8, 4) is 0 Å². The number of fused-ring (bicyclic) bond motifs is 30. The third-order valence-electron chi connectivity index (χ3n) is 11.9. The molecule has 0 N–H and O–H groups in total. The first kappa shape index (κ1) is 18.7. The molecule has 0 unspecified atom stereocenters. The smallest absolute Gasteiger partial charge is 0.0888 e. The summed E-state index contributed by atoms with van der Waals surface area (Å²) in [4.78, 5) is 5.31. The molecule has 8 aliphatic heterocycles. The summed E-state index contributed by atoms with van der Waals surface area (Å²) in [5.74, 6) is 2.27. The Hall–Kier alpha value is -2.50. The molecule has 178 valence electrons. The van der Waals surface area contributed by atoms with Crippen LogP contribution >= 0.6 is 0 Å². The molecule has 0 aliphatic carbocycles. The number of ether oxygens (including phenoxy) is 2. The van der Waals surface area contributed by atoms with Crippen molar-refractivity contribution in [3.63, 3.8) is 0 Å². The Morgan fingerprint density at radius 1 is 0.444 bits per heavy atom. The fourth-order valence-electron chi connectivity index (χ4n) is 11.0. The van der Waals surface area contributed by atoms with Gasteiger partial charge in [-0.3, -0.25) is 9.80 Å². The Morgan fingerprint density at radius 2 is 0.722 bits per heavy atom. The van der Waals surface area contributed by atoms with Crippen molar-refractivity contribution in [3.05, 3.63) is 105 Å². The van der Waals surface area contributed by atoms with E-state index < -0.39 is 0 Å². The van der Waals surface area contributed by atoms with E-state index in [1.165, 1.54) is 22.3 Å². The van der Waals surface area contributed by atoms with Crippen molar-refractivity contribution in [1.29, 1.82) is 0 Å². The monoisotopic (exact) mass is 472 g/mol. The van der Waals surface area contributed by atoms with Crippen LogP contribution in [0.2, 0.25) is 0 Å². The molecule has 8 aliphatic rings. The van der Waals surface area contributed by atoms with Crippen LogP contribution in [0, 0.1) is 23.7 Å². The maximum Gasteiger partial charge on any atom is 0.0888 e. The van der Waals surface area contributed by atoms with Crippen molar-refractivity contribution < 1.29 is 9.47 Å². The van der Waals surface area contributed by atoms with Crippen LogP contribution in [-0.4, -0.2) is 23.9 Å². The third kappa shape index (κ3) is 1.69. The van der Waals surface area contributed by atoms with Crippen molar-refractivity contribution in [2.75, 3.05) is 14.1 Å². The van der Waals surface area contributed by atoms with Crippen LogP contribution in [0.4, 0.5) is 0 Å². The van der Waals surface area contributed by atoms with Crippen LogP contribution < -0.4 is 0 Å². The van der Waals surface area contributed by atoms with Crippen molar-refractivity contribution in [2.24, 2.45) is 23.7 Å². The van der Waals surface area contributed by atoms with Crippen LogP contribution in [0.25, 0.3) is 0 Å². The molecule has 8 heterocycles. The predicted molar refractivity (Wildman–Crippen MR) is 133 cm³/mol. The van der Waals surface area contributed by atoms with Gasteiger partial charge in [0.15, 0.2) is 0 Å². The Kier molecular flexibility index (Phi) is 2.94. The van der Waals surface area contributed by atoms with E-state index in [2.05, 4.69) is 84.6 Å². The SMILES string of the molecule is CN1[C@@H]2c3ccccc3[C@@H]1[C@H]1[C@H]2[C@@H]2O[C@@H]1c1cc3c(cc12)[C@@H]1O[C@@H]3[C@@H]2[C@@H]1[C@@H]1c3ccccc3[C@@H]2N1C. The predicted octanol–water partition coefficient (Wildman–Crippen LogP) is 5.89. The molecule has 4 saturated heterocycles. The van der Waals surface area contributed by atoms with Gasteiger partial charge < -0.3 is 9.47 Å². The zero-order chi connectivity index (χ0) is 23.2. The fourth-order valence-corrected chi connectivity index (χ4v) is 11.0. The number of nitrogens with zero attached hydrogens (tertiary/aromatic N) is 2. The van der Waals surface area contributed by atoms with E-state index in [1.54, 1.807) is 22.3 Å². The molecule has 0 spiro atoms. The lowest BCUT2D eigenvalue weighted by atomic mass is 9.64. The first-order chi connectivity index (χ1) is 17.7. The van der Waals surface area contributed by atoms with E-state index in [9.17, 15) is 0 Å². The molecule has 0 amide bonds. The van der Waals surface area contributed by atoms with Gasteiger partial charge >= 0.3 is 0 Å². The minimum Gasteiger partial charge on any atom is -0.365 e. The molecule has 11 rings (SSSR count). The summed E-state index contributed by atoms with van der Waals surface area (Å²) in [7, 11) is 4.69. The van der Waals surface area contributed by atoms with Gasteiger partial charge in [-0.25, -0.2) is 0 Å². The zero-order valence-corrected chi connectivity index (χ0v) is 20.4. The average Bonchev–Trinajstić information content (AvgIpc) is 3.75. The second-order valence-electron chi connectivity index (χ2n) is 12.7. The standard InChI is InChI=1S/C32H28N2O2/c1-33-25-13-7-3-4-8-14(13)26(33)22-21(25)29-17-11-19-20(12-18(17)30(22)35-29)32-24-23(31(19)36-32)27-15-9-5-6-10-16(15)28(24)34(27)2/h3-12,21-32H,1-2H3/t21-,22-,23-,24-,25-,26-,27+,28+,29-,30-,31+,32+/m1/s1. The van der Waals surface area contributed by atoms with E-state index in [-0.39, 0.29) is 24.4 Å². The van der Waals surface area contributed by atoms with Crippen LogP contribution in [0.3, 0.4) is 0 Å². The van der Waals surface area contributed by atoms with Crippen molar-refractivity contribution in [2.45, 2.75) is 48.6 Å². The highest BCUT2D eigenvalue weighted by Crippen LogP contribution is 2.76. The van der Waals surface area contributed by atoms with Gasteiger partial charge in [0, 0.05) is 47.8 Å². The normalized spacial score (nSPS) is 46.7. The molecular formula is C32H28N2O2. The lowest BCUT2D eigenvalue weighted by Gasteiger charge is -2.35. The van der Waals surface area contributed by atoms with Crippen molar-refractivity contribution >= 4 is 0 Å². The molecule has 12 atom stereocenters. The highest BCUT2D eigenvalue weighted by Gasteiger charge is 2.69. The van der Waals surface area contributed by atoms with E-state index in [0.717, 1.165) is 0 Å². The Bertz CT molecular complexity index is 1330. The molecule has 3 aromatic rings. The summed E-state index contributed by atoms with van der Waals surface area (Å²) in [6.07, 6.45) is 0.905. The summed E-state index contributed by atoms with van der Waals surface area (Å²) in [5.41, 5.74) is 12.1. The van der Waals surface area contributed by atoms with Gasteiger partial charge in [-0.2, -0.15) is 0 Å². The Balaban J connectivity index is 1.05. The molecular weight excluding hydrogens is 444 g/mol. The van der Waals surface area contributed by atoms with Gasteiger partial charge in [-0.15, -0.1) is 0 Å². The van der Waals surface area contributed by atoms with Crippen LogP contribution in [0.1, 0.15) is 93.1 Å². The van der Waals surface area contributed by atoms with Gasteiger partial charge in [0.25, 0.3) is 0 Å². The molecule has 4 fully saturated rings. The van der Waals surface area contributed by atoms with Crippen molar-refractivity contribution in [1.82, 2.24) is 9.80 Å². The number of hydrogen-bond acceptors (Lipinski definition) is 4. The molecule has 3 aromatic carbocycles. The fraction of sp³-hybridized carbons (Fsp3) is 0.438. The number of rotatable bonds is 0. The maximum absolute atomic E-state index is 6.88. The summed E-state index contributed by atoms with van der Waals surface area (Å²) in [6, 6.07) is 25.3. The van der Waals surface area contributed by atoms with Gasteiger partial charge in [0.2, 0.25) is 0 Å². The van der Waals surface area contributed by atoms with Gasteiger partial charge in [-0.05, 0) is 70.7 Å². The highest BCUT2D eigenvalue weighted by molar-refractivity contribution is 5.56. The summed E-state index contributed by atoms with van der Waals surface area (Å²) in [5, 5.41) is 0. The lowest BCUT2D eigenvalue weighted by molar-refractivity contribution is 0.0217. The number of hydrogen-bond donors (Lipinski definition) is 0. The summed E-state index contributed by atoms with van der Waals surface area (Å²) < 4.78 is 13.8. The lowest BCUT2D eigenvalue weighted by Crippen LogP contribution is -2.29. The summed E-state index contributed by atoms with van der Waals surface area (Å²) >= 11 is 0. The zero-order valence-electron chi connectivity index (χ0n) is 20.4. The molecule has 8 bridgehead atoms. The molecule has 0 saturated carbocycles. The van der Waals surface area contributed by atoms with Gasteiger partial charge in [0.05, 0.1) is 24.4 Å². The minimum atomic E-state index is 0.226. The van der Waals surface area contributed by atoms with E-state index in [0.29, 0.717) is 47.8 Å². The second-order valence-corrected chi connectivity index (χ2v) is 12.7. The third-order valence-corrected chi connectivity index (χ3v) is 11.9.